The Kier molecular flexibility index (Phi) is 3.25. The summed E-state index contributed by atoms with van der Waals surface area (Å²) in [6, 6.07) is 0. The number of aliphatic hydroxyl groups excluding tert-OH is 1. The molecule has 0 spiro atoms. The van der Waals surface area contributed by atoms with Crippen LogP contribution in [0.5, 0.6) is 0 Å². The van der Waals surface area contributed by atoms with Crippen LogP contribution in [-0.4, -0.2) is 34.6 Å². The zero-order valence-electron chi connectivity index (χ0n) is 9.11. The largest absolute Gasteiger partial charge is 0.388 e. The lowest BCUT2D eigenvalue weighted by atomic mass is 10.4. The first kappa shape index (κ1) is 10.7. The van der Waals surface area contributed by atoms with E-state index in [1.165, 1.54) is 12.7 Å². The zero-order chi connectivity index (χ0) is 11.4. The summed E-state index contributed by atoms with van der Waals surface area (Å²) in [6.45, 7) is 3.27. The molecule has 0 fully saturated rings. The number of hydrogen-bond donors (Lipinski definition) is 1. The molecule has 0 amide bonds. The SMILES string of the molecule is CCCn1ncnc1Cn1ncnc1CO. The highest BCUT2D eigenvalue weighted by Gasteiger charge is 2.08. The molecular weight excluding hydrogens is 208 g/mol. The van der Waals surface area contributed by atoms with Crippen molar-refractivity contribution >= 4 is 0 Å². The molecule has 0 saturated heterocycles. The fourth-order valence-corrected chi connectivity index (χ4v) is 1.49. The van der Waals surface area contributed by atoms with Gasteiger partial charge in [-0.2, -0.15) is 10.2 Å². The molecule has 0 atom stereocenters. The van der Waals surface area contributed by atoms with E-state index in [9.17, 15) is 0 Å². The van der Waals surface area contributed by atoms with Crippen LogP contribution in [0.4, 0.5) is 0 Å². The van der Waals surface area contributed by atoms with Crippen molar-refractivity contribution in [2.24, 2.45) is 0 Å². The molecule has 0 aliphatic rings. The number of aliphatic hydroxyl groups is 1. The summed E-state index contributed by atoms with van der Waals surface area (Å²) in [7, 11) is 0. The molecule has 0 aromatic carbocycles. The van der Waals surface area contributed by atoms with Gasteiger partial charge in [0.25, 0.3) is 0 Å². The predicted octanol–water partition coefficient (Wildman–Crippen LogP) is -0.180. The van der Waals surface area contributed by atoms with Gasteiger partial charge in [-0.05, 0) is 6.42 Å². The minimum Gasteiger partial charge on any atom is -0.388 e. The van der Waals surface area contributed by atoms with Crippen molar-refractivity contribution in [3.63, 3.8) is 0 Å². The molecule has 0 radical (unpaired) electrons. The topological polar surface area (TPSA) is 81.7 Å². The Balaban J connectivity index is 2.17. The van der Waals surface area contributed by atoms with E-state index in [0.29, 0.717) is 12.4 Å². The van der Waals surface area contributed by atoms with Crippen molar-refractivity contribution in [2.75, 3.05) is 0 Å². The van der Waals surface area contributed by atoms with Gasteiger partial charge in [-0.15, -0.1) is 0 Å². The summed E-state index contributed by atoms with van der Waals surface area (Å²) in [5.41, 5.74) is 0. The smallest absolute Gasteiger partial charge is 0.153 e. The van der Waals surface area contributed by atoms with E-state index in [-0.39, 0.29) is 6.61 Å². The molecule has 0 aliphatic carbocycles. The molecule has 7 heteroatoms. The Morgan fingerprint density at radius 1 is 1.12 bits per heavy atom. The lowest BCUT2D eigenvalue weighted by molar-refractivity contribution is 0.263. The van der Waals surface area contributed by atoms with Gasteiger partial charge in [0.05, 0.1) is 0 Å². The van der Waals surface area contributed by atoms with Crippen LogP contribution in [0.15, 0.2) is 12.7 Å². The van der Waals surface area contributed by atoms with Gasteiger partial charge in [0, 0.05) is 6.54 Å². The molecule has 2 aromatic rings. The summed E-state index contributed by atoms with van der Waals surface area (Å²) in [6.07, 6.45) is 3.95. The van der Waals surface area contributed by atoms with E-state index in [1.54, 1.807) is 4.68 Å². The average Bonchev–Trinajstić information content (AvgIpc) is 2.89. The van der Waals surface area contributed by atoms with Crippen LogP contribution in [0.3, 0.4) is 0 Å². The van der Waals surface area contributed by atoms with Gasteiger partial charge < -0.3 is 5.11 Å². The summed E-state index contributed by atoms with van der Waals surface area (Å²) < 4.78 is 3.46. The molecule has 1 N–H and O–H groups in total. The van der Waals surface area contributed by atoms with Crippen molar-refractivity contribution in [2.45, 2.75) is 33.0 Å². The molecule has 86 valence electrons. The Hall–Kier alpha value is -1.76. The Labute approximate surface area is 92.8 Å². The molecule has 2 aromatic heterocycles. The molecule has 0 unspecified atom stereocenters. The van der Waals surface area contributed by atoms with Crippen LogP contribution in [0.2, 0.25) is 0 Å². The standard InChI is InChI=1S/C9H14N6O/c1-2-3-14-8(10-6-12-14)4-15-9(5-16)11-7-13-15/h6-7,16H,2-5H2,1H3. The maximum atomic E-state index is 9.04. The highest BCUT2D eigenvalue weighted by atomic mass is 16.3. The van der Waals surface area contributed by atoms with E-state index >= 15 is 0 Å². The lowest BCUT2D eigenvalue weighted by Crippen LogP contribution is -2.13. The maximum absolute atomic E-state index is 9.04. The van der Waals surface area contributed by atoms with Gasteiger partial charge in [-0.1, -0.05) is 6.92 Å². The highest BCUT2D eigenvalue weighted by Crippen LogP contribution is 2.01. The number of hydrogen-bond acceptors (Lipinski definition) is 5. The maximum Gasteiger partial charge on any atom is 0.153 e. The Morgan fingerprint density at radius 2 is 1.81 bits per heavy atom. The van der Waals surface area contributed by atoms with Crippen molar-refractivity contribution in [3.05, 3.63) is 24.3 Å². The minimum atomic E-state index is -0.123. The molecular formula is C9H14N6O. The summed E-state index contributed by atoms with van der Waals surface area (Å²) in [5.74, 6) is 1.35. The fraction of sp³-hybridized carbons (Fsp3) is 0.556. The third-order valence-corrected chi connectivity index (χ3v) is 2.26. The third kappa shape index (κ3) is 2.08. The van der Waals surface area contributed by atoms with Crippen LogP contribution >= 0.6 is 0 Å². The van der Waals surface area contributed by atoms with Crippen molar-refractivity contribution < 1.29 is 5.11 Å². The van der Waals surface area contributed by atoms with E-state index < -0.39 is 0 Å². The van der Waals surface area contributed by atoms with E-state index in [0.717, 1.165) is 18.8 Å². The molecule has 7 nitrogen and oxygen atoms in total. The molecule has 0 aliphatic heterocycles. The first-order chi connectivity index (χ1) is 7.85. The second-order valence-electron chi connectivity index (χ2n) is 3.39. The second-order valence-corrected chi connectivity index (χ2v) is 3.39. The average molecular weight is 222 g/mol. The van der Waals surface area contributed by atoms with Crippen LogP contribution in [0.25, 0.3) is 0 Å². The van der Waals surface area contributed by atoms with Crippen LogP contribution in [0, 0.1) is 0 Å². The molecule has 2 heterocycles. The Morgan fingerprint density at radius 3 is 2.50 bits per heavy atom. The summed E-state index contributed by atoms with van der Waals surface area (Å²) in [4.78, 5) is 8.10. The van der Waals surface area contributed by atoms with Crippen LogP contribution in [-0.2, 0) is 19.7 Å². The minimum absolute atomic E-state index is 0.123. The van der Waals surface area contributed by atoms with Gasteiger partial charge in [0.15, 0.2) is 5.82 Å². The Bertz CT molecular complexity index is 448. The van der Waals surface area contributed by atoms with Crippen LogP contribution in [0.1, 0.15) is 25.0 Å². The summed E-state index contributed by atoms with van der Waals surface area (Å²) >= 11 is 0. The van der Waals surface area contributed by atoms with Gasteiger partial charge in [0.1, 0.15) is 31.6 Å². The first-order valence-electron chi connectivity index (χ1n) is 5.19. The van der Waals surface area contributed by atoms with Crippen molar-refractivity contribution in [3.8, 4) is 0 Å². The summed E-state index contributed by atoms with van der Waals surface area (Å²) in [5, 5.41) is 17.2. The lowest BCUT2D eigenvalue weighted by Gasteiger charge is -2.05. The van der Waals surface area contributed by atoms with Crippen molar-refractivity contribution in [1.29, 1.82) is 0 Å². The quantitative estimate of drug-likeness (QED) is 0.759. The predicted molar refractivity (Wildman–Crippen MR) is 55.4 cm³/mol. The highest BCUT2D eigenvalue weighted by molar-refractivity contribution is 4.90. The molecule has 0 saturated carbocycles. The zero-order valence-corrected chi connectivity index (χ0v) is 9.11. The number of rotatable bonds is 5. The van der Waals surface area contributed by atoms with E-state index in [4.69, 9.17) is 5.11 Å². The first-order valence-corrected chi connectivity index (χ1v) is 5.19. The molecule has 2 rings (SSSR count). The van der Waals surface area contributed by atoms with Gasteiger partial charge in [-0.3, -0.25) is 0 Å². The number of aryl methyl sites for hydroxylation is 1. The second kappa shape index (κ2) is 4.84. The normalized spacial score (nSPS) is 10.9. The number of aromatic nitrogens is 6. The molecule has 16 heavy (non-hydrogen) atoms. The third-order valence-electron chi connectivity index (χ3n) is 2.26. The number of nitrogens with zero attached hydrogens (tertiary/aromatic N) is 6. The van der Waals surface area contributed by atoms with E-state index in [1.807, 2.05) is 4.68 Å². The van der Waals surface area contributed by atoms with Gasteiger partial charge >= 0.3 is 0 Å². The monoisotopic (exact) mass is 222 g/mol. The van der Waals surface area contributed by atoms with Gasteiger partial charge in [-0.25, -0.2) is 19.3 Å². The van der Waals surface area contributed by atoms with Gasteiger partial charge in [0.2, 0.25) is 0 Å². The fourth-order valence-electron chi connectivity index (χ4n) is 1.49. The van der Waals surface area contributed by atoms with Crippen molar-refractivity contribution in [1.82, 2.24) is 29.5 Å². The molecule has 0 bridgehead atoms. The van der Waals surface area contributed by atoms with Crippen LogP contribution < -0.4 is 0 Å². The van der Waals surface area contributed by atoms with E-state index in [2.05, 4.69) is 27.1 Å².